The van der Waals surface area contributed by atoms with Crippen molar-refractivity contribution in [1.82, 2.24) is 5.32 Å². The summed E-state index contributed by atoms with van der Waals surface area (Å²) >= 11 is 0. The van der Waals surface area contributed by atoms with Gasteiger partial charge in [-0.1, -0.05) is 12.1 Å². The molecule has 1 aromatic carbocycles. The molecule has 2 rings (SSSR count). The average molecular weight is 209 g/mol. The molecule has 3 heteroatoms. The Morgan fingerprint density at radius 3 is 2.93 bits per heavy atom. The second kappa shape index (κ2) is 4.62. The van der Waals surface area contributed by atoms with Gasteiger partial charge in [0, 0.05) is 12.1 Å². The SMILES string of the molecule is CNCc1cccc(F)c1OCC1CC1. The van der Waals surface area contributed by atoms with Crippen molar-refractivity contribution in [2.45, 2.75) is 19.4 Å². The summed E-state index contributed by atoms with van der Waals surface area (Å²) in [6, 6.07) is 5.05. The van der Waals surface area contributed by atoms with Gasteiger partial charge < -0.3 is 10.1 Å². The Morgan fingerprint density at radius 2 is 2.27 bits per heavy atom. The summed E-state index contributed by atoms with van der Waals surface area (Å²) in [5, 5.41) is 3.01. The minimum absolute atomic E-state index is 0.261. The zero-order valence-corrected chi connectivity index (χ0v) is 8.92. The first kappa shape index (κ1) is 10.4. The van der Waals surface area contributed by atoms with E-state index >= 15 is 0 Å². The quantitative estimate of drug-likeness (QED) is 0.803. The lowest BCUT2D eigenvalue weighted by Crippen LogP contribution is -2.09. The number of para-hydroxylation sites is 1. The molecule has 2 nitrogen and oxygen atoms in total. The Balaban J connectivity index is 2.09. The highest BCUT2D eigenvalue weighted by Crippen LogP contribution is 2.31. The van der Waals surface area contributed by atoms with Crippen LogP contribution in [0.3, 0.4) is 0 Å². The highest BCUT2D eigenvalue weighted by molar-refractivity contribution is 5.34. The maximum atomic E-state index is 13.5. The van der Waals surface area contributed by atoms with Crippen LogP contribution in [0.5, 0.6) is 5.75 Å². The molecule has 1 aromatic rings. The van der Waals surface area contributed by atoms with Crippen LogP contribution in [0.4, 0.5) is 4.39 Å². The lowest BCUT2D eigenvalue weighted by molar-refractivity contribution is 0.281. The lowest BCUT2D eigenvalue weighted by Gasteiger charge is -2.11. The van der Waals surface area contributed by atoms with Crippen molar-refractivity contribution in [1.29, 1.82) is 0 Å². The van der Waals surface area contributed by atoms with Crippen molar-refractivity contribution < 1.29 is 9.13 Å². The third-order valence-electron chi connectivity index (χ3n) is 2.58. The van der Waals surface area contributed by atoms with Crippen LogP contribution in [0.25, 0.3) is 0 Å². The van der Waals surface area contributed by atoms with Crippen LogP contribution >= 0.6 is 0 Å². The molecule has 0 heterocycles. The van der Waals surface area contributed by atoms with Crippen molar-refractivity contribution in [3.05, 3.63) is 29.6 Å². The molecule has 0 unspecified atom stereocenters. The fraction of sp³-hybridized carbons (Fsp3) is 0.500. The maximum absolute atomic E-state index is 13.5. The predicted molar refractivity (Wildman–Crippen MR) is 57.4 cm³/mol. The van der Waals surface area contributed by atoms with Gasteiger partial charge in [-0.3, -0.25) is 0 Å². The molecule has 1 aliphatic rings. The number of rotatable bonds is 5. The molecule has 82 valence electrons. The standard InChI is InChI=1S/C12H16FNO/c1-14-7-10-3-2-4-11(13)12(10)15-8-9-5-6-9/h2-4,9,14H,5-8H2,1H3. The molecule has 0 aromatic heterocycles. The van der Waals surface area contributed by atoms with Gasteiger partial charge in [0.25, 0.3) is 0 Å². The molecular weight excluding hydrogens is 193 g/mol. The molecular formula is C12H16FNO. The highest BCUT2D eigenvalue weighted by Gasteiger charge is 2.23. The smallest absolute Gasteiger partial charge is 0.165 e. The van der Waals surface area contributed by atoms with Crippen LogP contribution in [0.15, 0.2) is 18.2 Å². The molecule has 0 atom stereocenters. The first-order chi connectivity index (χ1) is 7.31. The first-order valence-electron chi connectivity index (χ1n) is 5.36. The number of hydrogen-bond acceptors (Lipinski definition) is 2. The summed E-state index contributed by atoms with van der Waals surface area (Å²) in [6.07, 6.45) is 2.44. The molecule has 1 aliphatic carbocycles. The molecule has 1 N–H and O–H groups in total. The second-order valence-corrected chi connectivity index (χ2v) is 4.01. The van der Waals surface area contributed by atoms with E-state index in [9.17, 15) is 4.39 Å². The zero-order chi connectivity index (χ0) is 10.7. The third-order valence-corrected chi connectivity index (χ3v) is 2.58. The summed E-state index contributed by atoms with van der Waals surface area (Å²) in [7, 11) is 1.84. The van der Waals surface area contributed by atoms with Gasteiger partial charge in [-0.2, -0.15) is 0 Å². The van der Waals surface area contributed by atoms with Crippen LogP contribution in [0, 0.1) is 11.7 Å². The van der Waals surface area contributed by atoms with Crippen LogP contribution < -0.4 is 10.1 Å². The Hall–Kier alpha value is -1.09. The van der Waals surface area contributed by atoms with Gasteiger partial charge in [0.1, 0.15) is 0 Å². The Morgan fingerprint density at radius 1 is 1.47 bits per heavy atom. The van der Waals surface area contributed by atoms with Crippen LogP contribution in [-0.2, 0) is 6.54 Å². The van der Waals surface area contributed by atoms with Gasteiger partial charge in [0.05, 0.1) is 6.61 Å². The fourth-order valence-corrected chi connectivity index (χ4v) is 1.53. The summed E-state index contributed by atoms with van der Waals surface area (Å²) < 4.78 is 19.0. The Kier molecular flexibility index (Phi) is 3.21. The monoisotopic (exact) mass is 209 g/mol. The molecule has 0 bridgehead atoms. The van der Waals surface area contributed by atoms with E-state index < -0.39 is 0 Å². The van der Waals surface area contributed by atoms with E-state index in [0.29, 0.717) is 24.8 Å². The van der Waals surface area contributed by atoms with Crippen molar-refractivity contribution >= 4 is 0 Å². The normalized spacial score (nSPS) is 15.3. The van der Waals surface area contributed by atoms with Gasteiger partial charge in [-0.05, 0) is 31.9 Å². The van der Waals surface area contributed by atoms with E-state index in [0.717, 1.165) is 5.56 Å². The van der Waals surface area contributed by atoms with Gasteiger partial charge in [0.15, 0.2) is 11.6 Å². The minimum atomic E-state index is -0.261. The second-order valence-electron chi connectivity index (χ2n) is 4.01. The molecule has 0 amide bonds. The molecule has 0 aliphatic heterocycles. The third kappa shape index (κ3) is 2.69. The number of halogens is 1. The van der Waals surface area contributed by atoms with Crippen molar-refractivity contribution in [2.24, 2.45) is 5.92 Å². The van der Waals surface area contributed by atoms with E-state index in [-0.39, 0.29) is 5.82 Å². The van der Waals surface area contributed by atoms with E-state index in [4.69, 9.17) is 4.74 Å². The predicted octanol–water partition coefficient (Wildman–Crippen LogP) is 2.33. The molecule has 15 heavy (non-hydrogen) atoms. The largest absolute Gasteiger partial charge is 0.490 e. The fourth-order valence-electron chi connectivity index (χ4n) is 1.53. The van der Waals surface area contributed by atoms with Gasteiger partial charge in [-0.15, -0.1) is 0 Å². The number of nitrogens with one attached hydrogen (secondary N) is 1. The van der Waals surface area contributed by atoms with E-state index in [1.807, 2.05) is 13.1 Å². The van der Waals surface area contributed by atoms with Gasteiger partial charge >= 0.3 is 0 Å². The summed E-state index contributed by atoms with van der Waals surface area (Å²) in [6.45, 7) is 1.29. The highest BCUT2D eigenvalue weighted by atomic mass is 19.1. The van der Waals surface area contributed by atoms with Gasteiger partial charge in [0.2, 0.25) is 0 Å². The summed E-state index contributed by atoms with van der Waals surface area (Å²) in [5.41, 5.74) is 0.887. The molecule has 1 saturated carbocycles. The maximum Gasteiger partial charge on any atom is 0.165 e. The van der Waals surface area contributed by atoms with E-state index in [1.165, 1.54) is 18.9 Å². The number of ether oxygens (including phenoxy) is 1. The Bertz CT molecular complexity index is 336. The van der Waals surface area contributed by atoms with Crippen LogP contribution in [-0.4, -0.2) is 13.7 Å². The Labute approximate surface area is 89.4 Å². The number of benzene rings is 1. The number of hydrogen-bond donors (Lipinski definition) is 1. The van der Waals surface area contributed by atoms with Gasteiger partial charge in [-0.25, -0.2) is 4.39 Å². The summed E-state index contributed by atoms with van der Waals surface area (Å²) in [4.78, 5) is 0. The van der Waals surface area contributed by atoms with Crippen molar-refractivity contribution in [3.63, 3.8) is 0 Å². The lowest BCUT2D eigenvalue weighted by atomic mass is 10.2. The average Bonchev–Trinajstić information content (AvgIpc) is 3.01. The van der Waals surface area contributed by atoms with E-state index in [2.05, 4.69) is 5.32 Å². The molecule has 0 saturated heterocycles. The van der Waals surface area contributed by atoms with Crippen LogP contribution in [0.2, 0.25) is 0 Å². The first-order valence-corrected chi connectivity index (χ1v) is 5.36. The summed E-state index contributed by atoms with van der Waals surface area (Å²) in [5.74, 6) is 0.800. The van der Waals surface area contributed by atoms with Crippen molar-refractivity contribution in [3.8, 4) is 5.75 Å². The molecule has 1 fully saturated rings. The minimum Gasteiger partial charge on any atom is -0.490 e. The van der Waals surface area contributed by atoms with Crippen molar-refractivity contribution in [2.75, 3.05) is 13.7 Å². The topological polar surface area (TPSA) is 21.3 Å². The van der Waals surface area contributed by atoms with E-state index in [1.54, 1.807) is 6.07 Å². The molecule has 0 spiro atoms. The van der Waals surface area contributed by atoms with Crippen LogP contribution in [0.1, 0.15) is 18.4 Å². The zero-order valence-electron chi connectivity index (χ0n) is 8.92. The molecule has 0 radical (unpaired) electrons.